The highest BCUT2D eigenvalue weighted by atomic mass is 35.5. The first kappa shape index (κ1) is 25.5. The summed E-state index contributed by atoms with van der Waals surface area (Å²) in [5.41, 5.74) is 2.06. The van der Waals surface area contributed by atoms with Crippen molar-refractivity contribution in [3.8, 4) is 17.2 Å². The number of pyridine rings is 1. The molecule has 0 spiro atoms. The zero-order valence-electron chi connectivity index (χ0n) is 17.8. The van der Waals surface area contributed by atoms with Crippen LogP contribution in [0.1, 0.15) is 5.56 Å². The molecule has 34 heavy (non-hydrogen) atoms. The van der Waals surface area contributed by atoms with Gasteiger partial charge in [-0.25, -0.2) is 8.42 Å². The van der Waals surface area contributed by atoms with Crippen molar-refractivity contribution in [1.29, 1.82) is 5.26 Å². The van der Waals surface area contributed by atoms with Crippen LogP contribution >= 0.6 is 24.0 Å². The quantitative estimate of drug-likeness (QED) is 0.529. The highest BCUT2D eigenvalue weighted by Crippen LogP contribution is 2.31. The highest BCUT2D eigenvalue weighted by Gasteiger charge is 2.29. The molecule has 1 aliphatic rings. The van der Waals surface area contributed by atoms with E-state index in [1.807, 2.05) is 18.2 Å². The van der Waals surface area contributed by atoms with Crippen molar-refractivity contribution in [3.63, 3.8) is 0 Å². The van der Waals surface area contributed by atoms with Gasteiger partial charge in [0, 0.05) is 67.2 Å². The normalized spacial score (nSPS) is 14.3. The van der Waals surface area contributed by atoms with E-state index in [2.05, 4.69) is 9.88 Å². The molecule has 1 saturated heterocycles. The molecular weight excluding hydrogens is 501 g/mol. The van der Waals surface area contributed by atoms with Crippen molar-refractivity contribution in [2.45, 2.75) is 11.4 Å². The molecule has 0 amide bonds. The molecule has 0 bridgehead atoms. The zero-order valence-corrected chi connectivity index (χ0v) is 20.2. The van der Waals surface area contributed by atoms with Crippen LogP contribution in [-0.4, -0.2) is 59.5 Å². The van der Waals surface area contributed by atoms with Crippen LogP contribution < -0.4 is 4.90 Å². The molecule has 3 heterocycles. The number of benzene rings is 1. The molecule has 4 rings (SSSR count). The molecule has 0 unspecified atom stereocenters. The smallest absolute Gasteiger partial charge is 0.323 e. The number of aliphatic carboxylic acids is 1. The van der Waals surface area contributed by atoms with E-state index < -0.39 is 16.0 Å². The summed E-state index contributed by atoms with van der Waals surface area (Å²) in [5.74, 6) is -1.05. The van der Waals surface area contributed by atoms with Gasteiger partial charge >= 0.3 is 5.97 Å². The Morgan fingerprint density at radius 1 is 1.12 bits per heavy atom. The first-order valence-electron chi connectivity index (χ1n) is 10.1. The minimum absolute atomic E-state index is 0. The first-order valence-corrected chi connectivity index (χ1v) is 11.9. The Morgan fingerprint density at radius 3 is 2.41 bits per heavy atom. The van der Waals surface area contributed by atoms with Crippen LogP contribution in [0.2, 0.25) is 5.02 Å². The molecule has 12 heteroatoms. The third-order valence-corrected chi connectivity index (χ3v) is 7.50. The molecule has 0 saturated carbocycles. The molecule has 1 N–H and O–H groups in total. The lowest BCUT2D eigenvalue weighted by atomic mass is 10.1. The van der Waals surface area contributed by atoms with E-state index in [0.717, 1.165) is 5.69 Å². The summed E-state index contributed by atoms with van der Waals surface area (Å²) in [4.78, 5) is 17.2. The number of piperazine rings is 1. The Kier molecular flexibility index (Phi) is 7.84. The number of halogens is 2. The lowest BCUT2D eigenvalue weighted by molar-refractivity contribution is -0.137. The van der Waals surface area contributed by atoms with Gasteiger partial charge in [0.2, 0.25) is 10.0 Å². The molecule has 0 aliphatic carbocycles. The molecule has 0 atom stereocenters. The highest BCUT2D eigenvalue weighted by molar-refractivity contribution is 7.89. The van der Waals surface area contributed by atoms with Gasteiger partial charge in [-0.1, -0.05) is 11.6 Å². The van der Waals surface area contributed by atoms with Gasteiger partial charge in [0.05, 0.1) is 10.5 Å². The number of sulfonamides is 1. The Balaban J connectivity index is 0.00000324. The summed E-state index contributed by atoms with van der Waals surface area (Å²) in [6.07, 6.45) is 6.31. The second-order valence-electron chi connectivity index (χ2n) is 7.54. The zero-order chi connectivity index (χ0) is 23.6. The van der Waals surface area contributed by atoms with Crippen molar-refractivity contribution < 1.29 is 18.3 Å². The van der Waals surface area contributed by atoms with Crippen LogP contribution in [0.15, 0.2) is 60.0 Å². The van der Waals surface area contributed by atoms with Crippen LogP contribution in [0, 0.1) is 11.3 Å². The summed E-state index contributed by atoms with van der Waals surface area (Å²) in [6, 6.07) is 10.2. The molecule has 9 nitrogen and oxygen atoms in total. The summed E-state index contributed by atoms with van der Waals surface area (Å²) in [6.45, 7) is 1.37. The molecule has 1 fully saturated rings. The number of hydrogen-bond donors (Lipinski definition) is 1. The van der Waals surface area contributed by atoms with E-state index in [1.54, 1.807) is 18.5 Å². The van der Waals surface area contributed by atoms with Gasteiger partial charge < -0.3 is 14.6 Å². The number of aromatic nitrogens is 2. The van der Waals surface area contributed by atoms with Crippen LogP contribution in [-0.2, 0) is 21.4 Å². The first-order chi connectivity index (χ1) is 15.8. The molecule has 0 radical (unpaired) electrons. The molecule has 1 aromatic carbocycles. The Bertz CT molecular complexity index is 1330. The lowest BCUT2D eigenvalue weighted by Gasteiger charge is -2.35. The Hall–Kier alpha value is -3.10. The van der Waals surface area contributed by atoms with Gasteiger partial charge in [0.1, 0.15) is 12.6 Å². The fraction of sp³-hybridized carbons (Fsp3) is 0.227. The van der Waals surface area contributed by atoms with E-state index in [0.29, 0.717) is 37.3 Å². The number of hydrogen-bond acceptors (Lipinski definition) is 6. The summed E-state index contributed by atoms with van der Waals surface area (Å²) in [5, 5.41) is 18.7. The fourth-order valence-electron chi connectivity index (χ4n) is 3.83. The summed E-state index contributed by atoms with van der Waals surface area (Å²) < 4.78 is 29.5. The number of anilines is 1. The van der Waals surface area contributed by atoms with Crippen molar-refractivity contribution >= 4 is 45.7 Å². The van der Waals surface area contributed by atoms with Gasteiger partial charge in [0.15, 0.2) is 0 Å². The molecule has 1 aliphatic heterocycles. The van der Waals surface area contributed by atoms with Gasteiger partial charge in [0.25, 0.3) is 0 Å². The molecule has 3 aromatic rings. The minimum Gasteiger partial charge on any atom is -0.480 e. The third-order valence-electron chi connectivity index (χ3n) is 5.40. The number of rotatable bonds is 6. The largest absolute Gasteiger partial charge is 0.480 e. The maximum atomic E-state index is 13.4. The SMILES string of the molecule is Cl.N#Cc1cn(CC(=O)O)cc1-c1cc(Cl)cc(S(=O)(=O)N2CCN(c3ccncc3)CC2)c1. The van der Waals surface area contributed by atoms with Gasteiger partial charge in [-0.05, 0) is 35.9 Å². The van der Waals surface area contributed by atoms with Gasteiger partial charge in [-0.3, -0.25) is 9.78 Å². The van der Waals surface area contributed by atoms with Gasteiger partial charge in [-0.15, -0.1) is 12.4 Å². The third kappa shape index (κ3) is 5.34. The maximum Gasteiger partial charge on any atom is 0.323 e. The molecule has 178 valence electrons. The van der Waals surface area contributed by atoms with Gasteiger partial charge in [-0.2, -0.15) is 9.57 Å². The summed E-state index contributed by atoms with van der Waals surface area (Å²) in [7, 11) is -3.83. The van der Waals surface area contributed by atoms with Crippen molar-refractivity contribution in [3.05, 3.63) is 65.7 Å². The van der Waals surface area contributed by atoms with E-state index >= 15 is 0 Å². The number of carboxylic acid groups (broad SMARTS) is 1. The number of carboxylic acids is 1. The molecule has 2 aromatic heterocycles. The fourth-order valence-corrected chi connectivity index (χ4v) is 5.63. The van der Waals surface area contributed by atoms with E-state index in [4.69, 9.17) is 16.7 Å². The summed E-state index contributed by atoms with van der Waals surface area (Å²) >= 11 is 6.25. The number of carbonyl (C=O) groups is 1. The Morgan fingerprint density at radius 2 is 1.79 bits per heavy atom. The van der Waals surface area contributed by atoms with Crippen LogP contribution in [0.25, 0.3) is 11.1 Å². The van der Waals surface area contributed by atoms with E-state index in [-0.39, 0.29) is 34.4 Å². The van der Waals surface area contributed by atoms with Crippen molar-refractivity contribution in [2.75, 3.05) is 31.1 Å². The second kappa shape index (κ2) is 10.4. The van der Waals surface area contributed by atoms with Crippen LogP contribution in [0.3, 0.4) is 0 Å². The predicted octanol–water partition coefficient (Wildman–Crippen LogP) is 3.09. The second-order valence-corrected chi connectivity index (χ2v) is 9.91. The topological polar surface area (TPSA) is 120 Å². The minimum atomic E-state index is -3.83. The van der Waals surface area contributed by atoms with Crippen LogP contribution in [0.4, 0.5) is 5.69 Å². The number of nitrogens with zero attached hydrogens (tertiary/aromatic N) is 5. The van der Waals surface area contributed by atoms with E-state index in [9.17, 15) is 18.5 Å². The standard InChI is InChI=1S/C22H20ClN5O4S.ClH/c23-18-9-16(21-14-26(15-22(29)30)13-17(21)12-24)10-20(11-18)33(31,32)28-7-5-27(6-8-28)19-1-3-25-4-2-19;/h1-4,9-11,13-14H,5-8,15H2,(H,29,30);1H. The lowest BCUT2D eigenvalue weighted by Crippen LogP contribution is -2.48. The van der Waals surface area contributed by atoms with Crippen molar-refractivity contribution in [2.24, 2.45) is 0 Å². The predicted molar refractivity (Wildman–Crippen MR) is 130 cm³/mol. The Labute approximate surface area is 208 Å². The average molecular weight is 522 g/mol. The maximum absolute atomic E-state index is 13.4. The average Bonchev–Trinajstić information content (AvgIpc) is 3.21. The monoisotopic (exact) mass is 521 g/mol. The van der Waals surface area contributed by atoms with E-state index in [1.165, 1.54) is 33.4 Å². The number of nitriles is 1. The van der Waals surface area contributed by atoms with Crippen LogP contribution in [0.5, 0.6) is 0 Å². The van der Waals surface area contributed by atoms with Crippen molar-refractivity contribution in [1.82, 2.24) is 13.9 Å². The molecular formula is C22H21Cl2N5O4S.